The molecule has 4 heteroatoms. The SMILES string of the molecule is CNC(=O)CC(N)c1ccc(N(C)C)cc1. The van der Waals surface area contributed by atoms with Gasteiger partial charge in [0.25, 0.3) is 0 Å². The molecule has 0 aliphatic carbocycles. The highest BCUT2D eigenvalue weighted by Crippen LogP contribution is 2.18. The fourth-order valence-corrected chi connectivity index (χ4v) is 1.44. The molecule has 16 heavy (non-hydrogen) atoms. The number of rotatable bonds is 4. The minimum atomic E-state index is -0.240. The molecule has 1 amide bonds. The van der Waals surface area contributed by atoms with Crippen molar-refractivity contribution in [1.82, 2.24) is 5.32 Å². The number of carbonyl (C=O) groups excluding carboxylic acids is 1. The van der Waals surface area contributed by atoms with Gasteiger partial charge in [0.05, 0.1) is 0 Å². The Bertz CT molecular complexity index is 346. The third kappa shape index (κ3) is 3.24. The minimum Gasteiger partial charge on any atom is -0.378 e. The summed E-state index contributed by atoms with van der Waals surface area (Å²) < 4.78 is 0. The molecule has 0 bridgehead atoms. The van der Waals surface area contributed by atoms with Gasteiger partial charge in [0, 0.05) is 39.3 Å². The fraction of sp³-hybridized carbons (Fsp3) is 0.417. The van der Waals surface area contributed by atoms with E-state index in [0.29, 0.717) is 6.42 Å². The van der Waals surface area contributed by atoms with E-state index >= 15 is 0 Å². The molecule has 0 spiro atoms. The van der Waals surface area contributed by atoms with Crippen LogP contribution in [0.4, 0.5) is 5.69 Å². The number of nitrogens with zero attached hydrogens (tertiary/aromatic N) is 1. The molecular weight excluding hydrogens is 202 g/mol. The molecule has 0 aromatic heterocycles. The quantitative estimate of drug-likeness (QED) is 0.794. The van der Waals surface area contributed by atoms with Gasteiger partial charge in [0.2, 0.25) is 5.91 Å². The van der Waals surface area contributed by atoms with Gasteiger partial charge in [-0.05, 0) is 17.7 Å². The predicted molar refractivity (Wildman–Crippen MR) is 66.4 cm³/mol. The van der Waals surface area contributed by atoms with E-state index in [2.05, 4.69) is 5.32 Å². The first kappa shape index (κ1) is 12.5. The molecule has 0 aliphatic rings. The van der Waals surface area contributed by atoms with Crippen molar-refractivity contribution in [3.05, 3.63) is 29.8 Å². The van der Waals surface area contributed by atoms with Crippen molar-refractivity contribution in [3.63, 3.8) is 0 Å². The number of nitrogens with two attached hydrogens (primary N) is 1. The first-order chi connectivity index (χ1) is 7.54. The molecular formula is C12H19N3O. The molecule has 88 valence electrons. The summed E-state index contributed by atoms with van der Waals surface area (Å²) in [6, 6.07) is 7.68. The summed E-state index contributed by atoms with van der Waals surface area (Å²) in [7, 11) is 5.59. The average Bonchev–Trinajstić information content (AvgIpc) is 2.28. The molecule has 1 rings (SSSR count). The van der Waals surface area contributed by atoms with Crippen LogP contribution in [0.2, 0.25) is 0 Å². The second-order valence-electron chi connectivity index (χ2n) is 3.97. The van der Waals surface area contributed by atoms with Crippen molar-refractivity contribution in [2.24, 2.45) is 5.73 Å². The van der Waals surface area contributed by atoms with Gasteiger partial charge in [-0.3, -0.25) is 4.79 Å². The van der Waals surface area contributed by atoms with Gasteiger partial charge in [-0.2, -0.15) is 0 Å². The van der Waals surface area contributed by atoms with Gasteiger partial charge < -0.3 is 16.0 Å². The summed E-state index contributed by atoms with van der Waals surface area (Å²) in [4.78, 5) is 13.2. The Morgan fingerprint density at radius 3 is 2.38 bits per heavy atom. The van der Waals surface area contributed by atoms with Crippen LogP contribution < -0.4 is 16.0 Å². The van der Waals surface area contributed by atoms with Gasteiger partial charge in [0.1, 0.15) is 0 Å². The molecule has 1 aromatic carbocycles. The first-order valence-electron chi connectivity index (χ1n) is 5.28. The van der Waals surface area contributed by atoms with E-state index < -0.39 is 0 Å². The van der Waals surface area contributed by atoms with Crippen LogP contribution in [0.3, 0.4) is 0 Å². The lowest BCUT2D eigenvalue weighted by molar-refractivity contribution is -0.120. The Balaban J connectivity index is 2.70. The Labute approximate surface area is 96.4 Å². The molecule has 1 unspecified atom stereocenters. The topological polar surface area (TPSA) is 58.4 Å². The monoisotopic (exact) mass is 221 g/mol. The summed E-state index contributed by atoms with van der Waals surface area (Å²) in [5.41, 5.74) is 8.03. The van der Waals surface area contributed by atoms with Gasteiger partial charge in [-0.25, -0.2) is 0 Å². The van der Waals surface area contributed by atoms with Crippen molar-refractivity contribution in [3.8, 4) is 0 Å². The Morgan fingerprint density at radius 2 is 1.94 bits per heavy atom. The Morgan fingerprint density at radius 1 is 1.38 bits per heavy atom. The van der Waals surface area contributed by atoms with E-state index in [1.165, 1.54) is 0 Å². The third-order valence-corrected chi connectivity index (χ3v) is 2.52. The zero-order valence-electron chi connectivity index (χ0n) is 10.0. The van der Waals surface area contributed by atoms with Gasteiger partial charge in [-0.1, -0.05) is 12.1 Å². The van der Waals surface area contributed by atoms with Crippen molar-refractivity contribution in [1.29, 1.82) is 0 Å². The molecule has 0 heterocycles. The van der Waals surface area contributed by atoms with E-state index in [9.17, 15) is 4.79 Å². The molecule has 3 N–H and O–H groups in total. The summed E-state index contributed by atoms with van der Waals surface area (Å²) in [6.07, 6.45) is 0.317. The maximum Gasteiger partial charge on any atom is 0.221 e. The van der Waals surface area contributed by atoms with E-state index in [1.807, 2.05) is 43.3 Å². The van der Waals surface area contributed by atoms with Crippen LogP contribution >= 0.6 is 0 Å². The summed E-state index contributed by atoms with van der Waals surface area (Å²) in [5.74, 6) is -0.0378. The lowest BCUT2D eigenvalue weighted by Crippen LogP contribution is -2.24. The highest BCUT2D eigenvalue weighted by molar-refractivity contribution is 5.76. The number of hydrogen-bond donors (Lipinski definition) is 2. The highest BCUT2D eigenvalue weighted by Gasteiger charge is 2.10. The number of hydrogen-bond acceptors (Lipinski definition) is 3. The molecule has 0 fully saturated rings. The Hall–Kier alpha value is -1.55. The van der Waals surface area contributed by atoms with Crippen LogP contribution in [0.1, 0.15) is 18.0 Å². The van der Waals surface area contributed by atoms with Crippen molar-refractivity contribution >= 4 is 11.6 Å². The third-order valence-electron chi connectivity index (χ3n) is 2.52. The largest absolute Gasteiger partial charge is 0.378 e. The standard InChI is InChI=1S/C12H19N3O/c1-14-12(16)8-11(13)9-4-6-10(7-5-9)15(2)3/h4-7,11H,8,13H2,1-3H3,(H,14,16). The van der Waals surface area contributed by atoms with E-state index in [0.717, 1.165) is 11.3 Å². The average molecular weight is 221 g/mol. The maximum absolute atomic E-state index is 11.2. The number of amides is 1. The number of benzene rings is 1. The Kier molecular flexibility index (Phi) is 4.31. The zero-order chi connectivity index (χ0) is 12.1. The van der Waals surface area contributed by atoms with E-state index in [4.69, 9.17) is 5.73 Å². The lowest BCUT2D eigenvalue weighted by Gasteiger charge is -2.15. The first-order valence-corrected chi connectivity index (χ1v) is 5.28. The smallest absolute Gasteiger partial charge is 0.221 e. The van der Waals surface area contributed by atoms with Gasteiger partial charge >= 0.3 is 0 Å². The summed E-state index contributed by atoms with van der Waals surface area (Å²) in [5, 5.41) is 2.57. The molecule has 1 aromatic rings. The molecule has 0 saturated heterocycles. The van der Waals surface area contributed by atoms with Crippen LogP contribution in [-0.4, -0.2) is 27.1 Å². The van der Waals surface area contributed by atoms with Crippen LogP contribution in [0.5, 0.6) is 0 Å². The number of nitrogens with one attached hydrogen (secondary N) is 1. The van der Waals surface area contributed by atoms with Crippen LogP contribution in [-0.2, 0) is 4.79 Å². The molecule has 1 atom stereocenters. The predicted octanol–water partition coefficient (Wildman–Crippen LogP) is 0.889. The normalized spacial score (nSPS) is 12.0. The van der Waals surface area contributed by atoms with Crippen LogP contribution in [0.25, 0.3) is 0 Å². The molecule has 0 radical (unpaired) electrons. The maximum atomic E-state index is 11.2. The summed E-state index contributed by atoms with van der Waals surface area (Å²) >= 11 is 0. The summed E-state index contributed by atoms with van der Waals surface area (Å²) in [6.45, 7) is 0. The fourth-order valence-electron chi connectivity index (χ4n) is 1.44. The van der Waals surface area contributed by atoms with E-state index in [-0.39, 0.29) is 11.9 Å². The van der Waals surface area contributed by atoms with Crippen LogP contribution in [0, 0.1) is 0 Å². The zero-order valence-corrected chi connectivity index (χ0v) is 10.0. The van der Waals surface area contributed by atoms with Gasteiger partial charge in [0.15, 0.2) is 0 Å². The van der Waals surface area contributed by atoms with Crippen molar-refractivity contribution < 1.29 is 4.79 Å². The highest BCUT2D eigenvalue weighted by atomic mass is 16.1. The molecule has 0 saturated carbocycles. The second kappa shape index (κ2) is 5.51. The lowest BCUT2D eigenvalue weighted by atomic mass is 10.0. The number of carbonyl (C=O) groups is 1. The van der Waals surface area contributed by atoms with Gasteiger partial charge in [-0.15, -0.1) is 0 Å². The van der Waals surface area contributed by atoms with Crippen molar-refractivity contribution in [2.75, 3.05) is 26.0 Å². The number of anilines is 1. The van der Waals surface area contributed by atoms with Crippen LogP contribution in [0.15, 0.2) is 24.3 Å². The molecule has 4 nitrogen and oxygen atoms in total. The minimum absolute atomic E-state index is 0.0378. The van der Waals surface area contributed by atoms with E-state index in [1.54, 1.807) is 7.05 Å². The molecule has 0 aliphatic heterocycles. The van der Waals surface area contributed by atoms with Crippen molar-refractivity contribution in [2.45, 2.75) is 12.5 Å². The second-order valence-corrected chi connectivity index (χ2v) is 3.97.